The van der Waals surface area contributed by atoms with Crippen molar-refractivity contribution in [1.82, 2.24) is 0 Å². The lowest BCUT2D eigenvalue weighted by Gasteiger charge is -2.19. The molecule has 118 valence electrons. The molecule has 0 saturated carbocycles. The highest BCUT2D eigenvalue weighted by Crippen LogP contribution is 2.41. The Hall–Kier alpha value is -1.88. The maximum absolute atomic E-state index is 14.3. The van der Waals surface area contributed by atoms with Crippen LogP contribution in [0.3, 0.4) is 0 Å². The number of ether oxygens (including phenoxy) is 2. The van der Waals surface area contributed by atoms with Crippen LogP contribution in [0.2, 0.25) is 0 Å². The fourth-order valence-electron chi connectivity index (χ4n) is 2.19. The Labute approximate surface area is 133 Å². The first-order valence-electron chi connectivity index (χ1n) is 6.84. The van der Waals surface area contributed by atoms with Gasteiger partial charge >= 0.3 is 5.97 Å². The lowest BCUT2D eigenvalue weighted by molar-refractivity contribution is 0.0606. The SMILES string of the molecule is COC(=O)c1cc(-c2cc(OC)ccc2F)c(C(C)(C)C)s1. The van der Waals surface area contributed by atoms with Crippen LogP contribution in [-0.4, -0.2) is 20.2 Å². The van der Waals surface area contributed by atoms with Crippen LogP contribution in [0.1, 0.15) is 35.3 Å². The van der Waals surface area contributed by atoms with Crippen LogP contribution in [0.5, 0.6) is 5.75 Å². The molecule has 0 radical (unpaired) electrons. The van der Waals surface area contributed by atoms with E-state index in [2.05, 4.69) is 0 Å². The van der Waals surface area contributed by atoms with Crippen molar-refractivity contribution in [3.05, 3.63) is 39.8 Å². The number of methoxy groups -OCH3 is 2. The van der Waals surface area contributed by atoms with Crippen LogP contribution in [0.25, 0.3) is 11.1 Å². The van der Waals surface area contributed by atoms with Crippen molar-refractivity contribution in [1.29, 1.82) is 0 Å². The van der Waals surface area contributed by atoms with Crippen molar-refractivity contribution in [3.8, 4) is 16.9 Å². The van der Waals surface area contributed by atoms with Crippen molar-refractivity contribution >= 4 is 17.3 Å². The number of carbonyl (C=O) groups excluding carboxylic acids is 1. The molecule has 3 nitrogen and oxygen atoms in total. The highest BCUT2D eigenvalue weighted by Gasteiger charge is 2.26. The van der Waals surface area contributed by atoms with E-state index in [0.717, 1.165) is 4.88 Å². The summed E-state index contributed by atoms with van der Waals surface area (Å²) in [4.78, 5) is 13.2. The predicted octanol–water partition coefficient (Wildman–Crippen LogP) is 4.65. The van der Waals surface area contributed by atoms with Crippen LogP contribution in [0.4, 0.5) is 4.39 Å². The van der Waals surface area contributed by atoms with E-state index >= 15 is 0 Å². The van der Waals surface area contributed by atoms with Crippen LogP contribution in [0.15, 0.2) is 24.3 Å². The Morgan fingerprint density at radius 3 is 2.36 bits per heavy atom. The Morgan fingerprint density at radius 1 is 1.14 bits per heavy atom. The first-order chi connectivity index (χ1) is 10.3. The number of benzene rings is 1. The third kappa shape index (κ3) is 3.14. The number of hydrogen-bond acceptors (Lipinski definition) is 4. The Morgan fingerprint density at radius 2 is 1.82 bits per heavy atom. The molecule has 0 amide bonds. The smallest absolute Gasteiger partial charge is 0.348 e. The van der Waals surface area contributed by atoms with Gasteiger partial charge in [-0.15, -0.1) is 11.3 Å². The van der Waals surface area contributed by atoms with E-state index in [1.807, 2.05) is 20.8 Å². The molecule has 0 unspecified atom stereocenters. The molecule has 22 heavy (non-hydrogen) atoms. The molecule has 0 bridgehead atoms. The van der Waals surface area contributed by atoms with E-state index < -0.39 is 5.97 Å². The van der Waals surface area contributed by atoms with Crippen molar-refractivity contribution in [2.45, 2.75) is 26.2 Å². The van der Waals surface area contributed by atoms with E-state index in [9.17, 15) is 9.18 Å². The molecule has 0 spiro atoms. The van der Waals surface area contributed by atoms with Crippen LogP contribution in [-0.2, 0) is 10.2 Å². The maximum atomic E-state index is 14.3. The zero-order valence-electron chi connectivity index (χ0n) is 13.3. The number of halogens is 1. The Balaban J connectivity index is 2.68. The first kappa shape index (κ1) is 16.5. The summed E-state index contributed by atoms with van der Waals surface area (Å²) in [6.45, 7) is 6.09. The molecule has 0 aliphatic rings. The molecular formula is C17H19FO3S. The fraction of sp³-hybridized carbons (Fsp3) is 0.353. The Kier molecular flexibility index (Phi) is 4.56. The second-order valence-corrected chi connectivity index (χ2v) is 6.99. The third-order valence-corrected chi connectivity index (χ3v) is 4.80. The van der Waals surface area contributed by atoms with Gasteiger partial charge in [0.1, 0.15) is 16.4 Å². The summed E-state index contributed by atoms with van der Waals surface area (Å²) in [5.41, 5.74) is 0.909. The fourth-order valence-corrected chi connectivity index (χ4v) is 3.34. The highest BCUT2D eigenvalue weighted by molar-refractivity contribution is 7.14. The minimum absolute atomic E-state index is 0.220. The van der Waals surface area contributed by atoms with E-state index in [-0.39, 0.29) is 11.2 Å². The van der Waals surface area contributed by atoms with Gasteiger partial charge in [0.05, 0.1) is 14.2 Å². The van der Waals surface area contributed by atoms with E-state index in [1.54, 1.807) is 18.2 Å². The Bertz CT molecular complexity index is 698. The lowest BCUT2D eigenvalue weighted by Crippen LogP contribution is -2.10. The first-order valence-corrected chi connectivity index (χ1v) is 7.66. The zero-order chi connectivity index (χ0) is 16.5. The van der Waals surface area contributed by atoms with Gasteiger partial charge in [-0.25, -0.2) is 9.18 Å². The quantitative estimate of drug-likeness (QED) is 0.772. The monoisotopic (exact) mass is 322 g/mol. The summed E-state index contributed by atoms with van der Waals surface area (Å²) in [7, 11) is 2.87. The van der Waals surface area contributed by atoms with Crippen molar-refractivity contribution < 1.29 is 18.7 Å². The minimum atomic E-state index is -0.412. The summed E-state index contributed by atoms with van der Waals surface area (Å²) >= 11 is 1.33. The number of esters is 1. The molecule has 0 atom stereocenters. The van der Waals surface area contributed by atoms with Gasteiger partial charge in [-0.05, 0) is 29.7 Å². The standard InChI is InChI=1S/C17H19FO3S/c1-17(2,3)15-12(9-14(22-15)16(19)21-5)11-8-10(20-4)6-7-13(11)18/h6-9H,1-5H3. The highest BCUT2D eigenvalue weighted by atomic mass is 32.1. The van der Waals surface area contributed by atoms with E-state index in [0.29, 0.717) is 21.8 Å². The van der Waals surface area contributed by atoms with Crippen molar-refractivity contribution in [3.63, 3.8) is 0 Å². The van der Waals surface area contributed by atoms with Gasteiger partial charge in [-0.1, -0.05) is 20.8 Å². The van der Waals surface area contributed by atoms with E-state index in [1.165, 1.54) is 31.6 Å². The zero-order valence-corrected chi connectivity index (χ0v) is 14.1. The molecule has 0 N–H and O–H groups in total. The number of carbonyl (C=O) groups is 1. The normalized spacial score (nSPS) is 11.4. The molecule has 1 aromatic heterocycles. The van der Waals surface area contributed by atoms with Crippen molar-refractivity contribution in [2.24, 2.45) is 0 Å². The summed E-state index contributed by atoms with van der Waals surface area (Å²) in [5.74, 6) is -0.187. The molecule has 2 rings (SSSR count). The molecule has 0 aliphatic heterocycles. The maximum Gasteiger partial charge on any atom is 0.348 e. The predicted molar refractivity (Wildman–Crippen MR) is 86.3 cm³/mol. The molecular weight excluding hydrogens is 303 g/mol. The van der Waals surface area contributed by atoms with E-state index in [4.69, 9.17) is 9.47 Å². The summed E-state index contributed by atoms with van der Waals surface area (Å²) in [6, 6.07) is 6.28. The minimum Gasteiger partial charge on any atom is -0.497 e. The van der Waals surface area contributed by atoms with Gasteiger partial charge < -0.3 is 9.47 Å². The number of rotatable bonds is 3. The second-order valence-electron chi connectivity index (χ2n) is 5.94. The largest absolute Gasteiger partial charge is 0.497 e. The number of hydrogen-bond donors (Lipinski definition) is 0. The average Bonchev–Trinajstić information content (AvgIpc) is 2.92. The summed E-state index contributed by atoms with van der Waals surface area (Å²) < 4.78 is 24.2. The van der Waals surface area contributed by atoms with Gasteiger partial charge in [0.15, 0.2) is 0 Å². The molecule has 0 fully saturated rings. The molecule has 5 heteroatoms. The topological polar surface area (TPSA) is 35.5 Å². The van der Waals surface area contributed by atoms with Gasteiger partial charge in [-0.2, -0.15) is 0 Å². The lowest BCUT2D eigenvalue weighted by atomic mass is 9.89. The molecule has 0 saturated heterocycles. The van der Waals surface area contributed by atoms with Crippen LogP contribution >= 0.6 is 11.3 Å². The molecule has 0 aliphatic carbocycles. The average molecular weight is 322 g/mol. The molecule has 1 heterocycles. The van der Waals surface area contributed by atoms with Gasteiger partial charge in [0, 0.05) is 16.0 Å². The van der Waals surface area contributed by atoms with Gasteiger partial charge in [0.2, 0.25) is 0 Å². The third-order valence-electron chi connectivity index (χ3n) is 3.26. The number of thiophene rings is 1. The molecule has 1 aromatic carbocycles. The van der Waals surface area contributed by atoms with Crippen LogP contribution in [0, 0.1) is 5.82 Å². The van der Waals surface area contributed by atoms with Crippen molar-refractivity contribution in [2.75, 3.05) is 14.2 Å². The van der Waals surface area contributed by atoms with Gasteiger partial charge in [0.25, 0.3) is 0 Å². The second kappa shape index (κ2) is 6.08. The van der Waals surface area contributed by atoms with Gasteiger partial charge in [-0.3, -0.25) is 0 Å². The summed E-state index contributed by atoms with van der Waals surface area (Å²) in [5, 5.41) is 0. The summed E-state index contributed by atoms with van der Waals surface area (Å²) in [6.07, 6.45) is 0. The molecule has 2 aromatic rings. The van der Waals surface area contributed by atoms with Crippen LogP contribution < -0.4 is 4.74 Å².